The van der Waals surface area contributed by atoms with E-state index in [2.05, 4.69) is 4.90 Å². The lowest BCUT2D eigenvalue weighted by Crippen LogP contribution is -2.49. The number of likely N-dealkylation sites (tertiary alicyclic amines) is 2. The van der Waals surface area contributed by atoms with Gasteiger partial charge in [-0.25, -0.2) is 4.39 Å². The van der Waals surface area contributed by atoms with Gasteiger partial charge in [0.1, 0.15) is 5.82 Å². The highest BCUT2D eigenvalue weighted by atomic mass is 19.1. The monoisotopic (exact) mass is 332 g/mol. The highest BCUT2D eigenvalue weighted by molar-refractivity contribution is 5.73. The van der Waals surface area contributed by atoms with E-state index in [0.29, 0.717) is 6.04 Å². The normalized spacial score (nSPS) is 23.4. The standard InChI is InChI=1S/C20H29FN2O/c1-16(24)22-13-10-20(11-14-22)23-12-2-3-18(15-23)5-4-17-6-8-19(21)9-7-17/h6-9,18,20H,2-5,10-15H2,1H3. The molecule has 0 spiro atoms. The third-order valence-corrected chi connectivity index (χ3v) is 5.73. The van der Waals surface area contributed by atoms with Gasteiger partial charge in [-0.15, -0.1) is 0 Å². The van der Waals surface area contributed by atoms with Gasteiger partial charge in [0.15, 0.2) is 0 Å². The quantitative estimate of drug-likeness (QED) is 0.843. The molecule has 2 aliphatic heterocycles. The molecule has 2 fully saturated rings. The van der Waals surface area contributed by atoms with Gasteiger partial charge in [0, 0.05) is 32.6 Å². The van der Waals surface area contributed by atoms with E-state index in [1.807, 2.05) is 17.0 Å². The molecule has 0 aliphatic carbocycles. The summed E-state index contributed by atoms with van der Waals surface area (Å²) < 4.78 is 13.0. The van der Waals surface area contributed by atoms with Crippen molar-refractivity contribution in [2.24, 2.45) is 5.92 Å². The molecule has 2 saturated heterocycles. The highest BCUT2D eigenvalue weighted by Crippen LogP contribution is 2.26. The fourth-order valence-corrected chi connectivity index (χ4v) is 4.23. The van der Waals surface area contributed by atoms with Crippen LogP contribution in [0.2, 0.25) is 0 Å². The van der Waals surface area contributed by atoms with Gasteiger partial charge in [0.25, 0.3) is 0 Å². The first kappa shape index (κ1) is 17.4. The Bertz CT molecular complexity index is 537. The zero-order valence-corrected chi connectivity index (χ0v) is 14.7. The number of benzene rings is 1. The van der Waals surface area contributed by atoms with Crippen LogP contribution < -0.4 is 0 Å². The molecule has 3 nitrogen and oxygen atoms in total. The summed E-state index contributed by atoms with van der Waals surface area (Å²) in [6.45, 7) is 5.89. The van der Waals surface area contributed by atoms with Crippen LogP contribution in [0.25, 0.3) is 0 Å². The lowest BCUT2D eigenvalue weighted by molar-refractivity contribution is -0.130. The number of nitrogens with zero attached hydrogens (tertiary/aromatic N) is 2. The van der Waals surface area contributed by atoms with E-state index in [-0.39, 0.29) is 11.7 Å². The summed E-state index contributed by atoms with van der Waals surface area (Å²) in [5.74, 6) is 0.804. The van der Waals surface area contributed by atoms with Gasteiger partial charge in [-0.05, 0) is 68.7 Å². The predicted molar refractivity (Wildman–Crippen MR) is 94.3 cm³/mol. The summed E-state index contributed by atoms with van der Waals surface area (Å²) in [6.07, 6.45) is 7.05. The van der Waals surface area contributed by atoms with Crippen LogP contribution in [-0.4, -0.2) is 47.9 Å². The van der Waals surface area contributed by atoms with Gasteiger partial charge < -0.3 is 4.90 Å². The van der Waals surface area contributed by atoms with Gasteiger partial charge >= 0.3 is 0 Å². The number of carbonyl (C=O) groups excluding carboxylic acids is 1. The molecule has 0 N–H and O–H groups in total. The number of carbonyl (C=O) groups is 1. The summed E-state index contributed by atoms with van der Waals surface area (Å²) in [6, 6.07) is 7.59. The highest BCUT2D eigenvalue weighted by Gasteiger charge is 2.29. The molecule has 4 heteroatoms. The fourth-order valence-electron chi connectivity index (χ4n) is 4.23. The van der Waals surface area contributed by atoms with Gasteiger partial charge in [-0.1, -0.05) is 12.1 Å². The van der Waals surface area contributed by atoms with Crippen LogP contribution in [-0.2, 0) is 11.2 Å². The van der Waals surface area contributed by atoms with E-state index in [9.17, 15) is 9.18 Å². The Morgan fingerprint density at radius 2 is 1.83 bits per heavy atom. The molecule has 1 amide bonds. The number of rotatable bonds is 4. The maximum atomic E-state index is 13.0. The molecular formula is C20H29FN2O. The average molecular weight is 332 g/mol. The summed E-state index contributed by atoms with van der Waals surface area (Å²) in [5, 5.41) is 0. The Labute approximate surface area is 144 Å². The van der Waals surface area contributed by atoms with E-state index >= 15 is 0 Å². The van der Waals surface area contributed by atoms with Crippen molar-refractivity contribution in [2.45, 2.75) is 51.5 Å². The number of hydrogen-bond donors (Lipinski definition) is 0. The van der Waals surface area contributed by atoms with Crippen molar-refractivity contribution in [3.63, 3.8) is 0 Å². The molecule has 2 aliphatic rings. The van der Waals surface area contributed by atoms with E-state index in [1.165, 1.54) is 37.9 Å². The molecule has 132 valence electrons. The number of aryl methyl sites for hydroxylation is 1. The van der Waals surface area contributed by atoms with Crippen molar-refractivity contribution in [2.75, 3.05) is 26.2 Å². The Kier molecular flexibility index (Phi) is 5.88. The second-order valence-corrected chi connectivity index (χ2v) is 7.41. The molecule has 24 heavy (non-hydrogen) atoms. The minimum absolute atomic E-state index is 0.153. The molecule has 2 heterocycles. The smallest absolute Gasteiger partial charge is 0.219 e. The molecule has 3 rings (SSSR count). The third-order valence-electron chi connectivity index (χ3n) is 5.73. The lowest BCUT2D eigenvalue weighted by atomic mass is 9.89. The maximum absolute atomic E-state index is 13.0. The second-order valence-electron chi connectivity index (χ2n) is 7.41. The first-order valence-corrected chi connectivity index (χ1v) is 9.36. The number of amides is 1. The van der Waals surface area contributed by atoms with Crippen LogP contribution in [0.1, 0.15) is 44.6 Å². The first-order chi connectivity index (χ1) is 11.6. The first-order valence-electron chi connectivity index (χ1n) is 9.36. The minimum atomic E-state index is -0.153. The van der Waals surface area contributed by atoms with Crippen molar-refractivity contribution in [1.82, 2.24) is 9.80 Å². The molecule has 0 aromatic heterocycles. The second kappa shape index (κ2) is 8.11. The van der Waals surface area contributed by atoms with Crippen molar-refractivity contribution in [3.05, 3.63) is 35.6 Å². The largest absolute Gasteiger partial charge is 0.343 e. The fraction of sp³-hybridized carbons (Fsp3) is 0.650. The van der Waals surface area contributed by atoms with Gasteiger partial charge in [-0.2, -0.15) is 0 Å². The zero-order chi connectivity index (χ0) is 16.9. The average Bonchev–Trinajstić information content (AvgIpc) is 2.61. The number of hydrogen-bond acceptors (Lipinski definition) is 2. The predicted octanol–water partition coefficient (Wildman–Crippen LogP) is 3.48. The Morgan fingerprint density at radius 3 is 2.50 bits per heavy atom. The van der Waals surface area contributed by atoms with Crippen molar-refractivity contribution < 1.29 is 9.18 Å². The van der Waals surface area contributed by atoms with E-state index in [0.717, 1.165) is 38.3 Å². The van der Waals surface area contributed by atoms with E-state index in [4.69, 9.17) is 0 Å². The van der Waals surface area contributed by atoms with Gasteiger partial charge in [0.2, 0.25) is 5.91 Å². The molecule has 0 saturated carbocycles. The lowest BCUT2D eigenvalue weighted by Gasteiger charge is -2.42. The van der Waals surface area contributed by atoms with Gasteiger partial charge in [-0.3, -0.25) is 9.69 Å². The summed E-state index contributed by atoms with van der Waals surface area (Å²) >= 11 is 0. The Balaban J connectivity index is 1.46. The van der Waals surface area contributed by atoms with Gasteiger partial charge in [0.05, 0.1) is 0 Å². The van der Waals surface area contributed by atoms with Crippen LogP contribution in [0.4, 0.5) is 4.39 Å². The molecular weight excluding hydrogens is 303 g/mol. The third kappa shape index (κ3) is 4.56. The molecule has 1 aromatic rings. The van der Waals surface area contributed by atoms with Crippen LogP contribution >= 0.6 is 0 Å². The topological polar surface area (TPSA) is 23.6 Å². The minimum Gasteiger partial charge on any atom is -0.343 e. The molecule has 1 unspecified atom stereocenters. The molecule has 0 radical (unpaired) electrons. The van der Waals surface area contributed by atoms with Crippen LogP contribution in [0.3, 0.4) is 0 Å². The number of halogens is 1. The summed E-state index contributed by atoms with van der Waals surface area (Å²) in [7, 11) is 0. The van der Waals surface area contributed by atoms with Crippen molar-refractivity contribution in [1.29, 1.82) is 0 Å². The van der Waals surface area contributed by atoms with Crippen LogP contribution in [0.5, 0.6) is 0 Å². The van der Waals surface area contributed by atoms with Crippen molar-refractivity contribution >= 4 is 5.91 Å². The SMILES string of the molecule is CC(=O)N1CCC(N2CCCC(CCc3ccc(F)cc3)C2)CC1. The van der Waals surface area contributed by atoms with Crippen LogP contribution in [0.15, 0.2) is 24.3 Å². The van der Waals surface area contributed by atoms with E-state index in [1.54, 1.807) is 19.1 Å². The molecule has 1 atom stereocenters. The Morgan fingerprint density at radius 1 is 1.12 bits per heavy atom. The number of piperidine rings is 2. The summed E-state index contributed by atoms with van der Waals surface area (Å²) in [5.41, 5.74) is 1.24. The molecule has 0 bridgehead atoms. The van der Waals surface area contributed by atoms with E-state index < -0.39 is 0 Å². The zero-order valence-electron chi connectivity index (χ0n) is 14.7. The maximum Gasteiger partial charge on any atom is 0.219 e. The van der Waals surface area contributed by atoms with Crippen molar-refractivity contribution in [3.8, 4) is 0 Å². The Hall–Kier alpha value is -1.42. The van der Waals surface area contributed by atoms with Crippen LogP contribution in [0, 0.1) is 11.7 Å². The summed E-state index contributed by atoms with van der Waals surface area (Å²) in [4.78, 5) is 16.1. The molecule has 1 aromatic carbocycles.